The first-order valence-corrected chi connectivity index (χ1v) is 3.10. The van der Waals surface area contributed by atoms with Crippen molar-refractivity contribution in [2.75, 3.05) is 6.67 Å². The van der Waals surface area contributed by atoms with Crippen LogP contribution in [0.4, 0.5) is 4.39 Å². The Bertz CT molecular complexity index is 126. The molecule has 1 saturated heterocycles. The summed E-state index contributed by atoms with van der Waals surface area (Å²) in [6.45, 7) is 1.38. The predicted octanol–water partition coefficient (Wildman–Crippen LogP) is 0.480. The molecule has 1 aliphatic rings. The molecule has 3 heteroatoms. The van der Waals surface area contributed by atoms with Crippen molar-refractivity contribution in [3.63, 3.8) is 0 Å². The van der Waals surface area contributed by atoms with Crippen LogP contribution in [0.1, 0.15) is 13.3 Å². The summed E-state index contributed by atoms with van der Waals surface area (Å²) in [5.41, 5.74) is 0. The van der Waals surface area contributed by atoms with Crippen LogP contribution >= 0.6 is 0 Å². The SMILES string of the molecule is C[C@H]1C[C@H](CF)NC1=O. The standard InChI is InChI=1S/C6H10FNO/c1-4-2-5(3-7)8-6(4)9/h4-5H,2-3H2,1H3,(H,8,9)/t4-,5+/m0/s1. The molecule has 1 amide bonds. The van der Waals surface area contributed by atoms with Crippen molar-refractivity contribution in [2.24, 2.45) is 5.92 Å². The summed E-state index contributed by atoms with van der Waals surface area (Å²) >= 11 is 0. The van der Waals surface area contributed by atoms with E-state index in [0.29, 0.717) is 6.42 Å². The fourth-order valence-electron chi connectivity index (χ4n) is 1.04. The largest absolute Gasteiger partial charge is 0.350 e. The maximum Gasteiger partial charge on any atom is 0.223 e. The van der Waals surface area contributed by atoms with E-state index in [1.807, 2.05) is 6.92 Å². The fraction of sp³-hybridized carbons (Fsp3) is 0.833. The maximum absolute atomic E-state index is 11.8. The molecule has 2 nitrogen and oxygen atoms in total. The van der Waals surface area contributed by atoms with Gasteiger partial charge in [0, 0.05) is 5.92 Å². The van der Waals surface area contributed by atoms with E-state index in [0.717, 1.165) is 0 Å². The van der Waals surface area contributed by atoms with Gasteiger partial charge in [-0.3, -0.25) is 4.79 Å². The molecular formula is C6H10FNO. The molecule has 52 valence electrons. The molecular weight excluding hydrogens is 121 g/mol. The number of nitrogens with one attached hydrogen (secondary N) is 1. The van der Waals surface area contributed by atoms with Crippen molar-refractivity contribution in [1.29, 1.82) is 0 Å². The van der Waals surface area contributed by atoms with E-state index >= 15 is 0 Å². The van der Waals surface area contributed by atoms with Crippen molar-refractivity contribution >= 4 is 5.91 Å². The van der Waals surface area contributed by atoms with Crippen LogP contribution in [-0.4, -0.2) is 18.6 Å². The Morgan fingerprint density at radius 3 is 2.78 bits per heavy atom. The lowest BCUT2D eigenvalue weighted by Gasteiger charge is -1.99. The van der Waals surface area contributed by atoms with Crippen LogP contribution in [0.25, 0.3) is 0 Å². The summed E-state index contributed by atoms with van der Waals surface area (Å²) in [4.78, 5) is 10.7. The minimum absolute atomic E-state index is 0.00532. The normalized spacial score (nSPS) is 34.7. The fourth-order valence-corrected chi connectivity index (χ4v) is 1.04. The molecule has 0 unspecified atom stereocenters. The second kappa shape index (κ2) is 2.33. The van der Waals surface area contributed by atoms with Gasteiger partial charge < -0.3 is 5.32 Å². The summed E-state index contributed by atoms with van der Waals surface area (Å²) in [7, 11) is 0. The molecule has 0 aromatic heterocycles. The number of carbonyl (C=O) groups excluding carboxylic acids is 1. The van der Waals surface area contributed by atoms with Gasteiger partial charge >= 0.3 is 0 Å². The zero-order chi connectivity index (χ0) is 6.85. The van der Waals surface area contributed by atoms with Gasteiger partial charge in [-0.1, -0.05) is 6.92 Å². The monoisotopic (exact) mass is 131 g/mol. The van der Waals surface area contributed by atoms with E-state index in [2.05, 4.69) is 5.32 Å². The number of hydrogen-bond donors (Lipinski definition) is 1. The number of amides is 1. The third-order valence-corrected chi connectivity index (χ3v) is 1.62. The zero-order valence-corrected chi connectivity index (χ0v) is 5.36. The Labute approximate surface area is 53.4 Å². The summed E-state index contributed by atoms with van der Waals surface area (Å²) in [5.74, 6) is -0.0107. The van der Waals surface area contributed by atoms with Crippen molar-refractivity contribution in [2.45, 2.75) is 19.4 Å². The summed E-state index contributed by atoms with van der Waals surface area (Å²) in [6, 6.07) is -0.215. The van der Waals surface area contributed by atoms with Crippen LogP contribution in [0.2, 0.25) is 0 Å². The summed E-state index contributed by atoms with van der Waals surface area (Å²) < 4.78 is 11.8. The highest BCUT2D eigenvalue weighted by molar-refractivity contribution is 5.80. The number of alkyl halides is 1. The Balaban J connectivity index is 2.44. The highest BCUT2D eigenvalue weighted by atomic mass is 19.1. The van der Waals surface area contributed by atoms with Crippen LogP contribution in [0.15, 0.2) is 0 Å². The lowest BCUT2D eigenvalue weighted by Crippen LogP contribution is -2.27. The van der Waals surface area contributed by atoms with Gasteiger partial charge in [0.25, 0.3) is 0 Å². The van der Waals surface area contributed by atoms with Crippen LogP contribution in [0, 0.1) is 5.92 Å². The van der Waals surface area contributed by atoms with E-state index in [1.165, 1.54) is 0 Å². The van der Waals surface area contributed by atoms with Crippen LogP contribution in [-0.2, 0) is 4.79 Å². The van der Waals surface area contributed by atoms with E-state index < -0.39 is 6.67 Å². The van der Waals surface area contributed by atoms with Crippen molar-refractivity contribution in [1.82, 2.24) is 5.32 Å². The average molecular weight is 131 g/mol. The molecule has 9 heavy (non-hydrogen) atoms. The third kappa shape index (κ3) is 1.20. The van der Waals surface area contributed by atoms with Crippen molar-refractivity contribution < 1.29 is 9.18 Å². The van der Waals surface area contributed by atoms with Crippen molar-refractivity contribution in [3.05, 3.63) is 0 Å². The average Bonchev–Trinajstić information content (AvgIpc) is 2.13. The molecule has 1 rings (SSSR count). The summed E-state index contributed by atoms with van der Waals surface area (Å²) in [6.07, 6.45) is 0.648. The van der Waals surface area contributed by atoms with Gasteiger partial charge in [-0.25, -0.2) is 4.39 Å². The molecule has 0 aliphatic carbocycles. The highest BCUT2D eigenvalue weighted by Gasteiger charge is 2.27. The molecule has 1 fully saturated rings. The van der Waals surface area contributed by atoms with Gasteiger partial charge in [0.2, 0.25) is 5.91 Å². The lowest BCUT2D eigenvalue weighted by atomic mass is 10.1. The molecule has 0 aromatic rings. The Morgan fingerprint density at radius 2 is 2.56 bits per heavy atom. The molecule has 0 spiro atoms. The molecule has 0 radical (unpaired) electrons. The molecule has 2 atom stereocenters. The number of rotatable bonds is 1. The molecule has 0 aromatic carbocycles. The van der Waals surface area contributed by atoms with Gasteiger partial charge in [-0.15, -0.1) is 0 Å². The third-order valence-electron chi connectivity index (χ3n) is 1.62. The van der Waals surface area contributed by atoms with Gasteiger partial charge in [0.15, 0.2) is 0 Å². The Kier molecular flexibility index (Phi) is 1.69. The van der Waals surface area contributed by atoms with E-state index in [1.54, 1.807) is 0 Å². The van der Waals surface area contributed by atoms with Crippen LogP contribution < -0.4 is 5.32 Å². The maximum atomic E-state index is 11.8. The predicted molar refractivity (Wildman–Crippen MR) is 31.7 cm³/mol. The second-order valence-corrected chi connectivity index (χ2v) is 2.50. The number of carbonyl (C=O) groups is 1. The summed E-state index contributed by atoms with van der Waals surface area (Å²) in [5, 5.41) is 2.54. The first-order chi connectivity index (χ1) is 4.24. The van der Waals surface area contributed by atoms with Gasteiger partial charge in [-0.05, 0) is 6.42 Å². The number of halogens is 1. The first kappa shape index (κ1) is 6.52. The molecule has 1 aliphatic heterocycles. The second-order valence-electron chi connectivity index (χ2n) is 2.50. The Morgan fingerprint density at radius 1 is 1.89 bits per heavy atom. The topological polar surface area (TPSA) is 29.1 Å². The van der Waals surface area contributed by atoms with E-state index in [4.69, 9.17) is 0 Å². The van der Waals surface area contributed by atoms with Gasteiger partial charge in [0.1, 0.15) is 6.67 Å². The molecule has 1 heterocycles. The minimum atomic E-state index is -0.434. The smallest absolute Gasteiger partial charge is 0.223 e. The first-order valence-electron chi connectivity index (χ1n) is 3.10. The van der Waals surface area contributed by atoms with E-state index in [9.17, 15) is 9.18 Å². The van der Waals surface area contributed by atoms with Crippen LogP contribution in [0.5, 0.6) is 0 Å². The molecule has 0 saturated carbocycles. The number of hydrogen-bond acceptors (Lipinski definition) is 1. The molecule has 1 N–H and O–H groups in total. The molecule has 0 bridgehead atoms. The van der Waals surface area contributed by atoms with Gasteiger partial charge in [0.05, 0.1) is 6.04 Å². The van der Waals surface area contributed by atoms with E-state index in [-0.39, 0.29) is 17.9 Å². The van der Waals surface area contributed by atoms with Crippen molar-refractivity contribution in [3.8, 4) is 0 Å². The zero-order valence-electron chi connectivity index (χ0n) is 5.36. The quantitative estimate of drug-likeness (QED) is 0.551. The minimum Gasteiger partial charge on any atom is -0.350 e. The van der Waals surface area contributed by atoms with Gasteiger partial charge in [-0.2, -0.15) is 0 Å². The van der Waals surface area contributed by atoms with Crippen LogP contribution in [0.3, 0.4) is 0 Å². The highest BCUT2D eigenvalue weighted by Crippen LogP contribution is 2.13. The lowest BCUT2D eigenvalue weighted by molar-refractivity contribution is -0.122. The Hall–Kier alpha value is -0.600.